The van der Waals surface area contributed by atoms with Gasteiger partial charge in [-0.3, -0.25) is 0 Å². The highest BCUT2D eigenvalue weighted by Gasteiger charge is 2.19. The van der Waals surface area contributed by atoms with Crippen molar-refractivity contribution in [2.75, 3.05) is 0 Å². The van der Waals surface area contributed by atoms with E-state index in [4.69, 9.17) is 0 Å². The number of hydrogen-bond donors (Lipinski definition) is 0. The van der Waals surface area contributed by atoms with Gasteiger partial charge in [0.2, 0.25) is 0 Å². The molecule has 1 unspecified atom stereocenters. The van der Waals surface area contributed by atoms with Crippen LogP contribution in [0.3, 0.4) is 0 Å². The molecular formula is C10H9F2N3O. The van der Waals surface area contributed by atoms with E-state index in [1.165, 1.54) is 13.0 Å². The Morgan fingerprint density at radius 2 is 2.06 bits per heavy atom. The largest absolute Gasteiger partial charge is 0.333 e. The van der Waals surface area contributed by atoms with E-state index in [9.17, 15) is 13.7 Å². The highest BCUT2D eigenvalue weighted by molar-refractivity contribution is 5.82. The van der Waals surface area contributed by atoms with Gasteiger partial charge in [0, 0.05) is 5.39 Å². The first-order valence-corrected chi connectivity index (χ1v) is 4.73. The molecule has 0 bridgehead atoms. The average Bonchev–Trinajstić information content (AvgIpc) is 2.67. The maximum Gasteiger partial charge on any atom is 0.333 e. The molecular weight excluding hydrogens is 216 g/mol. The van der Waals surface area contributed by atoms with Gasteiger partial charge in [0.25, 0.3) is 0 Å². The molecule has 0 aliphatic carbocycles. The summed E-state index contributed by atoms with van der Waals surface area (Å²) in [5, 5.41) is 7.08. The second kappa shape index (κ2) is 3.96. The zero-order chi connectivity index (χ0) is 11.7. The zero-order valence-corrected chi connectivity index (χ0v) is 8.47. The summed E-state index contributed by atoms with van der Waals surface area (Å²) in [4.78, 5) is 10.4. The van der Waals surface area contributed by atoms with Gasteiger partial charge < -0.3 is 0 Å². The SMILES string of the molecule is CC(N=O)c1nn(C(F)F)c2ccccc12. The number of fused-ring (bicyclic) bond motifs is 1. The maximum absolute atomic E-state index is 12.7. The summed E-state index contributed by atoms with van der Waals surface area (Å²) in [5.74, 6) is 0. The second-order valence-corrected chi connectivity index (χ2v) is 3.41. The number of nitrogens with zero attached hydrogens (tertiary/aromatic N) is 3. The first-order chi connectivity index (χ1) is 7.65. The van der Waals surface area contributed by atoms with E-state index >= 15 is 0 Å². The Hall–Kier alpha value is -1.85. The summed E-state index contributed by atoms with van der Waals surface area (Å²) < 4.78 is 25.9. The molecule has 1 atom stereocenters. The molecule has 0 radical (unpaired) electrons. The van der Waals surface area contributed by atoms with Gasteiger partial charge in [0.15, 0.2) is 0 Å². The van der Waals surface area contributed by atoms with Crippen LogP contribution in [0.15, 0.2) is 29.4 Å². The molecule has 1 heterocycles. The van der Waals surface area contributed by atoms with Crippen LogP contribution in [0.1, 0.15) is 25.2 Å². The molecule has 1 aromatic carbocycles. The van der Waals surface area contributed by atoms with Crippen LogP contribution in [0.5, 0.6) is 0 Å². The zero-order valence-electron chi connectivity index (χ0n) is 8.47. The normalized spacial score (nSPS) is 13.2. The van der Waals surface area contributed by atoms with E-state index in [2.05, 4.69) is 10.3 Å². The molecule has 0 saturated heterocycles. The molecule has 2 aromatic rings. The summed E-state index contributed by atoms with van der Waals surface area (Å²) in [6.45, 7) is -1.20. The van der Waals surface area contributed by atoms with Gasteiger partial charge in [-0.15, -0.1) is 0 Å². The van der Waals surface area contributed by atoms with Crippen LogP contribution in [0, 0.1) is 4.91 Å². The Labute approximate surface area is 89.8 Å². The number of aromatic nitrogens is 2. The molecule has 0 aliphatic rings. The number of hydrogen-bond acceptors (Lipinski definition) is 3. The fourth-order valence-corrected chi connectivity index (χ4v) is 1.62. The molecule has 4 nitrogen and oxygen atoms in total. The van der Waals surface area contributed by atoms with Gasteiger partial charge in [0.05, 0.1) is 11.2 Å². The van der Waals surface area contributed by atoms with Gasteiger partial charge in [-0.2, -0.15) is 18.8 Å². The molecule has 0 spiro atoms. The lowest BCUT2D eigenvalue weighted by molar-refractivity contribution is 0.0609. The first kappa shape index (κ1) is 10.7. The number of halogens is 2. The Balaban J connectivity index is 2.71. The lowest BCUT2D eigenvalue weighted by Gasteiger charge is -1.99. The van der Waals surface area contributed by atoms with E-state index in [0.717, 1.165) is 0 Å². The number of rotatable bonds is 3. The first-order valence-electron chi connectivity index (χ1n) is 4.73. The van der Waals surface area contributed by atoms with Crippen molar-refractivity contribution in [1.29, 1.82) is 0 Å². The molecule has 0 fully saturated rings. The Bertz CT molecular complexity index is 524. The third-order valence-electron chi connectivity index (χ3n) is 2.38. The predicted octanol–water partition coefficient (Wildman–Crippen LogP) is 3.26. The van der Waals surface area contributed by atoms with Crippen LogP contribution in [0.4, 0.5) is 8.78 Å². The quantitative estimate of drug-likeness (QED) is 0.752. The lowest BCUT2D eigenvalue weighted by Crippen LogP contribution is -2.01. The fourth-order valence-electron chi connectivity index (χ4n) is 1.62. The van der Waals surface area contributed by atoms with E-state index < -0.39 is 12.6 Å². The number of para-hydroxylation sites is 1. The van der Waals surface area contributed by atoms with Crippen molar-refractivity contribution in [3.8, 4) is 0 Å². The number of nitroso groups, excluding NO2 is 1. The van der Waals surface area contributed by atoms with Gasteiger partial charge in [-0.25, -0.2) is 4.68 Å². The fraction of sp³-hybridized carbons (Fsp3) is 0.300. The van der Waals surface area contributed by atoms with Crippen molar-refractivity contribution in [2.24, 2.45) is 5.18 Å². The van der Waals surface area contributed by atoms with E-state index in [-0.39, 0.29) is 5.69 Å². The highest BCUT2D eigenvalue weighted by Crippen LogP contribution is 2.28. The van der Waals surface area contributed by atoms with Crippen LogP contribution in [-0.4, -0.2) is 9.78 Å². The third kappa shape index (κ3) is 1.56. The molecule has 1 aromatic heterocycles. The molecule has 6 heteroatoms. The van der Waals surface area contributed by atoms with E-state index in [1.807, 2.05) is 0 Å². The third-order valence-corrected chi connectivity index (χ3v) is 2.38. The Morgan fingerprint density at radius 1 is 1.38 bits per heavy atom. The molecule has 0 saturated carbocycles. The van der Waals surface area contributed by atoms with Crippen molar-refractivity contribution in [2.45, 2.75) is 19.5 Å². The summed E-state index contributed by atoms with van der Waals surface area (Å²) in [5.41, 5.74) is 0.592. The summed E-state index contributed by atoms with van der Waals surface area (Å²) in [7, 11) is 0. The van der Waals surface area contributed by atoms with Crippen LogP contribution < -0.4 is 0 Å². The lowest BCUT2D eigenvalue weighted by atomic mass is 10.1. The topological polar surface area (TPSA) is 47.2 Å². The Morgan fingerprint density at radius 3 is 2.69 bits per heavy atom. The molecule has 0 N–H and O–H groups in total. The summed E-state index contributed by atoms with van der Waals surface area (Å²) >= 11 is 0. The molecule has 0 aliphatic heterocycles. The van der Waals surface area contributed by atoms with Crippen molar-refractivity contribution in [1.82, 2.24) is 9.78 Å². The molecule has 2 rings (SSSR count). The van der Waals surface area contributed by atoms with Gasteiger partial charge in [0.1, 0.15) is 6.04 Å². The van der Waals surface area contributed by atoms with E-state index in [0.29, 0.717) is 15.6 Å². The minimum Gasteiger partial charge on any atom is -0.203 e. The van der Waals surface area contributed by atoms with Gasteiger partial charge in [-0.05, 0) is 13.0 Å². The highest BCUT2D eigenvalue weighted by atomic mass is 19.3. The molecule has 0 amide bonds. The average molecular weight is 225 g/mol. The molecule has 84 valence electrons. The van der Waals surface area contributed by atoms with Crippen molar-refractivity contribution >= 4 is 10.9 Å². The van der Waals surface area contributed by atoms with Gasteiger partial charge in [-0.1, -0.05) is 23.4 Å². The standard InChI is InChI=1S/C10H9F2N3O/c1-6(14-16)9-7-4-2-3-5-8(7)15(13-9)10(11)12/h2-6,10H,1H3. The summed E-state index contributed by atoms with van der Waals surface area (Å²) in [6.07, 6.45) is 0. The van der Waals surface area contributed by atoms with Crippen LogP contribution in [0.25, 0.3) is 10.9 Å². The van der Waals surface area contributed by atoms with Crippen molar-refractivity contribution < 1.29 is 8.78 Å². The van der Waals surface area contributed by atoms with Crippen LogP contribution in [0.2, 0.25) is 0 Å². The van der Waals surface area contributed by atoms with E-state index in [1.54, 1.807) is 18.2 Å². The minimum atomic E-state index is -2.72. The number of alkyl halides is 2. The number of benzene rings is 1. The van der Waals surface area contributed by atoms with Crippen molar-refractivity contribution in [3.63, 3.8) is 0 Å². The predicted molar refractivity (Wildman–Crippen MR) is 55.2 cm³/mol. The van der Waals surface area contributed by atoms with Gasteiger partial charge >= 0.3 is 6.55 Å². The molecule has 16 heavy (non-hydrogen) atoms. The smallest absolute Gasteiger partial charge is 0.203 e. The second-order valence-electron chi connectivity index (χ2n) is 3.41. The van der Waals surface area contributed by atoms with Crippen LogP contribution >= 0.6 is 0 Å². The maximum atomic E-state index is 12.7. The van der Waals surface area contributed by atoms with Crippen molar-refractivity contribution in [3.05, 3.63) is 34.9 Å². The summed E-state index contributed by atoms with van der Waals surface area (Å²) in [6, 6.07) is 5.81. The Kier molecular flexibility index (Phi) is 2.64. The monoisotopic (exact) mass is 225 g/mol. The minimum absolute atomic E-state index is 0.283. The van der Waals surface area contributed by atoms with Crippen LogP contribution in [-0.2, 0) is 0 Å².